The summed E-state index contributed by atoms with van der Waals surface area (Å²) in [4.78, 5) is 14.9. The van der Waals surface area contributed by atoms with Crippen LogP contribution < -0.4 is 9.47 Å². The molecule has 2 aromatic rings. The van der Waals surface area contributed by atoms with Gasteiger partial charge in [0, 0.05) is 18.5 Å². The third-order valence-electron chi connectivity index (χ3n) is 2.52. The number of hydrogen-bond acceptors (Lipinski definition) is 4. The highest BCUT2D eigenvalue weighted by molar-refractivity contribution is 5.88. The lowest BCUT2D eigenvalue weighted by Crippen LogP contribution is -2.00. The van der Waals surface area contributed by atoms with Gasteiger partial charge in [-0.3, -0.25) is 4.98 Å². The summed E-state index contributed by atoms with van der Waals surface area (Å²) in [6.07, 6.45) is 3.35. The molecular weight excluding hydrogens is 246 g/mol. The van der Waals surface area contributed by atoms with E-state index in [4.69, 9.17) is 14.6 Å². The highest BCUT2D eigenvalue weighted by atomic mass is 16.5. The topological polar surface area (TPSA) is 68.7 Å². The van der Waals surface area contributed by atoms with E-state index in [2.05, 4.69) is 4.98 Å². The van der Waals surface area contributed by atoms with Gasteiger partial charge in [0.2, 0.25) is 0 Å². The second kappa shape index (κ2) is 5.86. The third kappa shape index (κ3) is 3.45. The number of aromatic nitrogens is 1. The Morgan fingerprint density at radius 2 is 1.89 bits per heavy atom. The zero-order chi connectivity index (χ0) is 13.7. The van der Waals surface area contributed by atoms with Crippen molar-refractivity contribution < 1.29 is 19.4 Å². The van der Waals surface area contributed by atoms with E-state index < -0.39 is 5.97 Å². The molecule has 0 spiro atoms. The average molecular weight is 259 g/mol. The van der Waals surface area contributed by atoms with Crippen LogP contribution in [0.15, 0.2) is 42.7 Å². The van der Waals surface area contributed by atoms with Crippen molar-refractivity contribution in [1.29, 1.82) is 0 Å². The van der Waals surface area contributed by atoms with Crippen molar-refractivity contribution in [3.63, 3.8) is 0 Å². The predicted molar refractivity (Wildman–Crippen MR) is 68.5 cm³/mol. The number of methoxy groups -OCH3 is 1. The summed E-state index contributed by atoms with van der Waals surface area (Å²) in [5, 5.41) is 9.00. The third-order valence-corrected chi connectivity index (χ3v) is 2.52. The summed E-state index contributed by atoms with van der Waals surface area (Å²) in [5.41, 5.74) is 1.08. The average Bonchev–Trinajstić information content (AvgIpc) is 2.45. The molecule has 5 nitrogen and oxygen atoms in total. The SMILES string of the molecule is COc1cc(OCc2ccncc2)cc(C(=O)O)c1. The van der Waals surface area contributed by atoms with E-state index in [1.807, 2.05) is 12.1 Å². The van der Waals surface area contributed by atoms with Crippen LogP contribution in [0.4, 0.5) is 0 Å². The molecule has 0 fully saturated rings. The van der Waals surface area contributed by atoms with Gasteiger partial charge in [0.25, 0.3) is 0 Å². The number of nitrogens with zero attached hydrogens (tertiary/aromatic N) is 1. The second-order valence-electron chi connectivity index (χ2n) is 3.85. The van der Waals surface area contributed by atoms with Crippen LogP contribution in [-0.4, -0.2) is 23.2 Å². The minimum atomic E-state index is -1.02. The Balaban J connectivity index is 2.15. The molecule has 1 aromatic carbocycles. The molecule has 0 aliphatic heterocycles. The first-order valence-electron chi connectivity index (χ1n) is 5.63. The number of aromatic carboxylic acids is 1. The van der Waals surface area contributed by atoms with Gasteiger partial charge in [-0.05, 0) is 29.8 Å². The van der Waals surface area contributed by atoms with Gasteiger partial charge in [-0.15, -0.1) is 0 Å². The number of hydrogen-bond donors (Lipinski definition) is 1. The summed E-state index contributed by atoms with van der Waals surface area (Å²) in [6.45, 7) is 0.342. The minimum absolute atomic E-state index is 0.129. The van der Waals surface area contributed by atoms with Gasteiger partial charge in [0.05, 0.1) is 12.7 Å². The lowest BCUT2D eigenvalue weighted by molar-refractivity contribution is 0.0696. The fourth-order valence-electron chi connectivity index (χ4n) is 1.54. The van der Waals surface area contributed by atoms with E-state index >= 15 is 0 Å². The maximum absolute atomic E-state index is 11.0. The second-order valence-corrected chi connectivity index (χ2v) is 3.85. The molecule has 0 aliphatic carbocycles. The van der Waals surface area contributed by atoms with Crippen molar-refractivity contribution in [2.24, 2.45) is 0 Å². The fraction of sp³-hybridized carbons (Fsp3) is 0.143. The van der Waals surface area contributed by atoms with Crippen molar-refractivity contribution >= 4 is 5.97 Å². The first kappa shape index (κ1) is 12.9. The van der Waals surface area contributed by atoms with Gasteiger partial charge in [0.15, 0.2) is 0 Å². The van der Waals surface area contributed by atoms with Crippen molar-refractivity contribution in [2.45, 2.75) is 6.61 Å². The summed E-state index contributed by atoms with van der Waals surface area (Å²) in [6, 6.07) is 8.22. The number of ether oxygens (including phenoxy) is 2. The van der Waals surface area contributed by atoms with Crippen LogP contribution in [0.5, 0.6) is 11.5 Å². The van der Waals surface area contributed by atoms with Crippen LogP contribution in [-0.2, 0) is 6.61 Å². The van der Waals surface area contributed by atoms with E-state index in [9.17, 15) is 4.79 Å². The summed E-state index contributed by atoms with van der Waals surface area (Å²) >= 11 is 0. The van der Waals surface area contributed by atoms with Crippen LogP contribution in [0.1, 0.15) is 15.9 Å². The van der Waals surface area contributed by atoms with Crippen molar-refractivity contribution in [1.82, 2.24) is 4.98 Å². The maximum atomic E-state index is 11.0. The van der Waals surface area contributed by atoms with Crippen LogP contribution in [0.3, 0.4) is 0 Å². The summed E-state index contributed by atoms with van der Waals surface area (Å²) < 4.78 is 10.6. The van der Waals surface area contributed by atoms with E-state index in [0.29, 0.717) is 18.1 Å². The molecule has 1 heterocycles. The molecule has 0 atom stereocenters. The molecule has 0 saturated carbocycles. The Kier molecular flexibility index (Phi) is 3.97. The summed E-state index contributed by atoms with van der Waals surface area (Å²) in [5.74, 6) is -0.120. The van der Waals surface area contributed by atoms with Gasteiger partial charge in [-0.2, -0.15) is 0 Å². The molecule has 1 aromatic heterocycles. The number of carbonyl (C=O) groups is 1. The number of pyridine rings is 1. The molecule has 19 heavy (non-hydrogen) atoms. The smallest absolute Gasteiger partial charge is 0.335 e. The largest absolute Gasteiger partial charge is 0.497 e. The molecule has 0 aliphatic rings. The molecule has 0 saturated heterocycles. The van der Waals surface area contributed by atoms with Crippen LogP contribution in [0.25, 0.3) is 0 Å². The van der Waals surface area contributed by atoms with Crippen LogP contribution >= 0.6 is 0 Å². The van der Waals surface area contributed by atoms with E-state index in [-0.39, 0.29) is 5.56 Å². The highest BCUT2D eigenvalue weighted by Gasteiger charge is 2.08. The van der Waals surface area contributed by atoms with Gasteiger partial charge in [-0.1, -0.05) is 0 Å². The van der Waals surface area contributed by atoms with Crippen molar-refractivity contribution in [3.8, 4) is 11.5 Å². The molecule has 0 amide bonds. The fourth-order valence-corrected chi connectivity index (χ4v) is 1.54. The molecular formula is C14H13NO4. The first-order chi connectivity index (χ1) is 9.19. The maximum Gasteiger partial charge on any atom is 0.335 e. The quantitative estimate of drug-likeness (QED) is 0.892. The van der Waals surface area contributed by atoms with Crippen LogP contribution in [0.2, 0.25) is 0 Å². The lowest BCUT2D eigenvalue weighted by atomic mass is 10.2. The Hall–Kier alpha value is -2.56. The molecule has 2 rings (SSSR count). The Bertz CT molecular complexity index is 569. The van der Waals surface area contributed by atoms with Gasteiger partial charge in [-0.25, -0.2) is 4.79 Å². The number of benzene rings is 1. The standard InChI is InChI=1S/C14H13NO4/c1-18-12-6-11(14(16)17)7-13(8-12)19-9-10-2-4-15-5-3-10/h2-8H,9H2,1H3,(H,16,17). The van der Waals surface area contributed by atoms with E-state index in [0.717, 1.165) is 5.56 Å². The number of carboxylic acids is 1. The van der Waals surface area contributed by atoms with Gasteiger partial charge < -0.3 is 14.6 Å². The van der Waals surface area contributed by atoms with E-state index in [1.165, 1.54) is 19.2 Å². The van der Waals surface area contributed by atoms with Gasteiger partial charge in [0.1, 0.15) is 18.1 Å². The molecule has 0 radical (unpaired) electrons. The zero-order valence-electron chi connectivity index (χ0n) is 10.4. The Morgan fingerprint density at radius 3 is 2.53 bits per heavy atom. The number of carboxylic acid groups (broad SMARTS) is 1. The zero-order valence-corrected chi connectivity index (χ0v) is 10.4. The monoisotopic (exact) mass is 259 g/mol. The minimum Gasteiger partial charge on any atom is -0.497 e. The molecule has 1 N–H and O–H groups in total. The Labute approximate surface area is 110 Å². The molecule has 98 valence electrons. The normalized spacial score (nSPS) is 9.95. The molecule has 0 unspecified atom stereocenters. The van der Waals surface area contributed by atoms with E-state index in [1.54, 1.807) is 18.5 Å². The predicted octanol–water partition coefficient (Wildman–Crippen LogP) is 2.37. The lowest BCUT2D eigenvalue weighted by Gasteiger charge is -2.09. The summed E-state index contributed by atoms with van der Waals surface area (Å²) in [7, 11) is 1.48. The molecule has 0 bridgehead atoms. The van der Waals surface area contributed by atoms with Gasteiger partial charge >= 0.3 is 5.97 Å². The van der Waals surface area contributed by atoms with Crippen molar-refractivity contribution in [3.05, 3.63) is 53.9 Å². The highest BCUT2D eigenvalue weighted by Crippen LogP contribution is 2.23. The van der Waals surface area contributed by atoms with Crippen molar-refractivity contribution in [2.75, 3.05) is 7.11 Å². The number of rotatable bonds is 5. The first-order valence-corrected chi connectivity index (χ1v) is 5.63. The molecule has 5 heteroatoms. The van der Waals surface area contributed by atoms with Crippen LogP contribution in [0, 0.1) is 0 Å². The Morgan fingerprint density at radius 1 is 1.21 bits per heavy atom.